The minimum absolute atomic E-state index is 0.339. The number of piperazine rings is 1. The van der Waals surface area contributed by atoms with Gasteiger partial charge in [-0.3, -0.25) is 0 Å². The number of aliphatic hydroxyl groups is 1. The van der Waals surface area contributed by atoms with E-state index < -0.39 is 6.10 Å². The monoisotopic (exact) mass is 224 g/mol. The maximum atomic E-state index is 13.4. The second-order valence-electron chi connectivity index (χ2n) is 4.12. The van der Waals surface area contributed by atoms with Gasteiger partial charge in [-0.1, -0.05) is 0 Å². The average molecular weight is 224 g/mol. The first-order chi connectivity index (χ1) is 7.68. The van der Waals surface area contributed by atoms with Crippen LogP contribution in [0.1, 0.15) is 18.6 Å². The van der Waals surface area contributed by atoms with Crippen LogP contribution in [0.25, 0.3) is 0 Å². The highest BCUT2D eigenvalue weighted by Crippen LogP contribution is 2.23. The van der Waals surface area contributed by atoms with Crippen LogP contribution in [0.5, 0.6) is 0 Å². The first-order valence-electron chi connectivity index (χ1n) is 5.61. The Morgan fingerprint density at radius 1 is 1.38 bits per heavy atom. The fraction of sp³-hybridized carbons (Fsp3) is 0.500. The van der Waals surface area contributed by atoms with Crippen LogP contribution in [0, 0.1) is 5.82 Å². The standard InChI is InChI=1S/C12H17FN2O/c1-9(16)11-8-10(2-3-12(11)13)15-6-4-14-5-7-15/h2-3,8-9,14,16H,4-7H2,1H3/t9-/m1/s1. The van der Waals surface area contributed by atoms with Gasteiger partial charge in [0.25, 0.3) is 0 Å². The summed E-state index contributed by atoms with van der Waals surface area (Å²) in [5.41, 5.74) is 1.36. The number of hydrogen-bond acceptors (Lipinski definition) is 3. The van der Waals surface area contributed by atoms with E-state index in [1.807, 2.05) is 0 Å². The molecule has 88 valence electrons. The van der Waals surface area contributed by atoms with Gasteiger partial charge in [-0.05, 0) is 25.1 Å². The maximum absolute atomic E-state index is 13.4. The molecule has 0 aromatic heterocycles. The van der Waals surface area contributed by atoms with E-state index in [2.05, 4.69) is 10.2 Å². The van der Waals surface area contributed by atoms with Crippen LogP contribution in [-0.4, -0.2) is 31.3 Å². The Labute approximate surface area is 94.9 Å². The van der Waals surface area contributed by atoms with Crippen molar-refractivity contribution in [1.82, 2.24) is 5.32 Å². The van der Waals surface area contributed by atoms with E-state index in [1.54, 1.807) is 19.1 Å². The molecule has 3 nitrogen and oxygen atoms in total. The Morgan fingerprint density at radius 2 is 2.06 bits per heavy atom. The van der Waals surface area contributed by atoms with Gasteiger partial charge in [0.1, 0.15) is 5.82 Å². The second kappa shape index (κ2) is 4.80. The van der Waals surface area contributed by atoms with Crippen molar-refractivity contribution in [2.45, 2.75) is 13.0 Å². The molecule has 16 heavy (non-hydrogen) atoms. The zero-order chi connectivity index (χ0) is 11.5. The van der Waals surface area contributed by atoms with Gasteiger partial charge in [0.15, 0.2) is 0 Å². The van der Waals surface area contributed by atoms with Gasteiger partial charge < -0.3 is 15.3 Å². The Morgan fingerprint density at radius 3 is 2.69 bits per heavy atom. The summed E-state index contributed by atoms with van der Waals surface area (Å²) in [6, 6.07) is 4.94. The highest BCUT2D eigenvalue weighted by atomic mass is 19.1. The summed E-state index contributed by atoms with van der Waals surface area (Å²) >= 11 is 0. The number of aliphatic hydroxyl groups excluding tert-OH is 1. The largest absolute Gasteiger partial charge is 0.389 e. The van der Waals surface area contributed by atoms with E-state index in [4.69, 9.17) is 0 Å². The summed E-state index contributed by atoms with van der Waals surface area (Å²) in [4.78, 5) is 2.20. The number of anilines is 1. The fourth-order valence-electron chi connectivity index (χ4n) is 1.97. The van der Waals surface area contributed by atoms with Crippen LogP contribution >= 0.6 is 0 Å². The quantitative estimate of drug-likeness (QED) is 0.794. The number of nitrogens with one attached hydrogen (secondary N) is 1. The number of rotatable bonds is 2. The number of benzene rings is 1. The number of nitrogens with zero attached hydrogens (tertiary/aromatic N) is 1. The van der Waals surface area contributed by atoms with Crippen LogP contribution < -0.4 is 10.2 Å². The summed E-state index contributed by atoms with van der Waals surface area (Å²) in [5, 5.41) is 12.7. The topological polar surface area (TPSA) is 35.5 Å². The van der Waals surface area contributed by atoms with E-state index in [-0.39, 0.29) is 5.82 Å². The van der Waals surface area contributed by atoms with E-state index in [0.717, 1.165) is 31.9 Å². The Kier molecular flexibility index (Phi) is 3.41. The van der Waals surface area contributed by atoms with E-state index in [1.165, 1.54) is 6.07 Å². The molecular weight excluding hydrogens is 207 g/mol. The molecule has 0 unspecified atom stereocenters. The third-order valence-corrected chi connectivity index (χ3v) is 2.91. The molecule has 1 aromatic rings. The Hall–Kier alpha value is -1.13. The van der Waals surface area contributed by atoms with E-state index in [9.17, 15) is 9.50 Å². The van der Waals surface area contributed by atoms with Crippen LogP contribution in [0.15, 0.2) is 18.2 Å². The Balaban J connectivity index is 2.24. The molecule has 1 fully saturated rings. The van der Waals surface area contributed by atoms with Crippen molar-refractivity contribution >= 4 is 5.69 Å². The SMILES string of the molecule is C[C@@H](O)c1cc(N2CCNCC2)ccc1F. The van der Waals surface area contributed by atoms with Crippen LogP contribution in [0.2, 0.25) is 0 Å². The molecule has 0 bridgehead atoms. The minimum atomic E-state index is -0.761. The number of halogens is 1. The molecule has 2 rings (SSSR count). The predicted molar refractivity (Wildman–Crippen MR) is 62.1 cm³/mol. The minimum Gasteiger partial charge on any atom is -0.389 e. The molecular formula is C12H17FN2O. The lowest BCUT2D eigenvalue weighted by atomic mass is 10.1. The van der Waals surface area contributed by atoms with E-state index in [0.29, 0.717) is 5.56 Å². The summed E-state index contributed by atoms with van der Waals surface area (Å²) in [6.45, 7) is 5.32. The maximum Gasteiger partial charge on any atom is 0.129 e. The van der Waals surface area contributed by atoms with Crippen molar-refractivity contribution < 1.29 is 9.50 Å². The number of hydrogen-bond donors (Lipinski definition) is 2. The van der Waals surface area contributed by atoms with Gasteiger partial charge in [-0.2, -0.15) is 0 Å². The third kappa shape index (κ3) is 2.33. The molecule has 0 spiro atoms. The summed E-state index contributed by atoms with van der Waals surface area (Å²) in [6.07, 6.45) is -0.761. The van der Waals surface area contributed by atoms with Crippen molar-refractivity contribution in [3.63, 3.8) is 0 Å². The molecule has 0 radical (unpaired) electrons. The predicted octanol–water partition coefficient (Wildman–Crippen LogP) is 1.29. The molecule has 1 aromatic carbocycles. The van der Waals surface area contributed by atoms with Crippen LogP contribution in [-0.2, 0) is 0 Å². The molecule has 1 aliphatic heterocycles. The Bertz CT molecular complexity index is 362. The van der Waals surface area contributed by atoms with Gasteiger partial charge in [0.05, 0.1) is 6.10 Å². The lowest BCUT2D eigenvalue weighted by Gasteiger charge is -2.30. The lowest BCUT2D eigenvalue weighted by Crippen LogP contribution is -2.43. The van der Waals surface area contributed by atoms with Crippen molar-refractivity contribution in [2.24, 2.45) is 0 Å². The zero-order valence-corrected chi connectivity index (χ0v) is 9.41. The smallest absolute Gasteiger partial charge is 0.129 e. The molecule has 0 saturated carbocycles. The van der Waals surface area contributed by atoms with Crippen molar-refractivity contribution in [3.05, 3.63) is 29.6 Å². The van der Waals surface area contributed by atoms with Gasteiger partial charge in [0.2, 0.25) is 0 Å². The van der Waals surface area contributed by atoms with Crippen LogP contribution in [0.3, 0.4) is 0 Å². The molecule has 4 heteroatoms. The summed E-state index contributed by atoms with van der Waals surface area (Å²) in [7, 11) is 0. The average Bonchev–Trinajstić information content (AvgIpc) is 2.30. The third-order valence-electron chi connectivity index (χ3n) is 2.91. The van der Waals surface area contributed by atoms with Crippen molar-refractivity contribution in [3.8, 4) is 0 Å². The molecule has 2 N–H and O–H groups in total. The molecule has 0 aliphatic carbocycles. The molecule has 1 atom stereocenters. The summed E-state index contributed by atoms with van der Waals surface area (Å²) in [5.74, 6) is -0.339. The molecule has 1 saturated heterocycles. The fourth-order valence-corrected chi connectivity index (χ4v) is 1.97. The van der Waals surface area contributed by atoms with E-state index >= 15 is 0 Å². The van der Waals surface area contributed by atoms with Gasteiger partial charge >= 0.3 is 0 Å². The molecule has 1 heterocycles. The van der Waals surface area contributed by atoms with Gasteiger partial charge in [0, 0.05) is 37.4 Å². The normalized spacial score (nSPS) is 18.6. The van der Waals surface area contributed by atoms with Gasteiger partial charge in [-0.25, -0.2) is 4.39 Å². The first kappa shape index (κ1) is 11.4. The second-order valence-corrected chi connectivity index (χ2v) is 4.12. The van der Waals surface area contributed by atoms with Gasteiger partial charge in [-0.15, -0.1) is 0 Å². The first-order valence-corrected chi connectivity index (χ1v) is 5.61. The van der Waals surface area contributed by atoms with Crippen molar-refractivity contribution in [1.29, 1.82) is 0 Å². The lowest BCUT2D eigenvalue weighted by molar-refractivity contribution is 0.194. The van der Waals surface area contributed by atoms with Crippen LogP contribution in [0.4, 0.5) is 10.1 Å². The highest BCUT2D eigenvalue weighted by molar-refractivity contribution is 5.49. The highest BCUT2D eigenvalue weighted by Gasteiger charge is 2.14. The molecule has 1 aliphatic rings. The zero-order valence-electron chi connectivity index (χ0n) is 9.41. The summed E-state index contributed by atoms with van der Waals surface area (Å²) < 4.78 is 13.4. The molecule has 0 amide bonds. The van der Waals surface area contributed by atoms with Crippen molar-refractivity contribution in [2.75, 3.05) is 31.1 Å².